The Balaban J connectivity index is 1.65. The van der Waals surface area contributed by atoms with Crippen LogP contribution in [0.2, 0.25) is 0 Å². The molecule has 2 unspecified atom stereocenters. The molecule has 0 amide bonds. The number of hydrogen-bond donors (Lipinski definition) is 1. The van der Waals surface area contributed by atoms with Gasteiger partial charge in [0.1, 0.15) is 18.4 Å². The summed E-state index contributed by atoms with van der Waals surface area (Å²) in [6, 6.07) is 25.6. The molecule has 4 nitrogen and oxygen atoms in total. The molecule has 1 N–H and O–H groups in total. The molecule has 0 bridgehead atoms. The largest absolute Gasteiger partial charge is 0.489 e. The number of ether oxygens (including phenoxy) is 1. The fourth-order valence-electron chi connectivity index (χ4n) is 4.10. The molecule has 3 aromatic rings. The Labute approximate surface area is 185 Å². The molecular formula is C25H24BrNO3. The molecule has 1 saturated heterocycles. The SMILES string of the molecule is O=C(O)C1CCCN1C(c1ccc(Br)cc1)c1cccc(OCc2ccccc2)c1. The number of aliphatic carboxylic acids is 1. The van der Waals surface area contributed by atoms with Crippen LogP contribution in [-0.2, 0) is 11.4 Å². The van der Waals surface area contributed by atoms with Crippen molar-refractivity contribution in [2.75, 3.05) is 6.54 Å². The van der Waals surface area contributed by atoms with Gasteiger partial charge in [-0.3, -0.25) is 9.69 Å². The molecule has 0 spiro atoms. The molecule has 30 heavy (non-hydrogen) atoms. The molecule has 1 aliphatic heterocycles. The van der Waals surface area contributed by atoms with Gasteiger partial charge in [0.2, 0.25) is 0 Å². The first kappa shape index (κ1) is 20.6. The summed E-state index contributed by atoms with van der Waals surface area (Å²) in [5.74, 6) is 0.0237. The monoisotopic (exact) mass is 465 g/mol. The van der Waals surface area contributed by atoms with Crippen LogP contribution in [0, 0.1) is 0 Å². The first-order chi connectivity index (χ1) is 14.6. The van der Waals surface area contributed by atoms with E-state index >= 15 is 0 Å². The minimum atomic E-state index is -0.758. The van der Waals surface area contributed by atoms with Gasteiger partial charge in [0.05, 0.1) is 6.04 Å². The normalized spacial score (nSPS) is 17.6. The Bertz CT molecular complexity index is 991. The molecule has 0 radical (unpaired) electrons. The second kappa shape index (κ2) is 9.45. The number of benzene rings is 3. The van der Waals surface area contributed by atoms with Gasteiger partial charge in [-0.25, -0.2) is 0 Å². The van der Waals surface area contributed by atoms with Crippen LogP contribution in [-0.4, -0.2) is 28.6 Å². The fourth-order valence-corrected chi connectivity index (χ4v) is 4.36. The first-order valence-corrected chi connectivity index (χ1v) is 10.9. The number of halogens is 1. The molecule has 2 atom stereocenters. The van der Waals surface area contributed by atoms with Crippen LogP contribution in [0.25, 0.3) is 0 Å². The topological polar surface area (TPSA) is 49.8 Å². The summed E-state index contributed by atoms with van der Waals surface area (Å²) in [6.45, 7) is 1.25. The predicted octanol–water partition coefficient (Wildman–Crippen LogP) is 5.67. The summed E-state index contributed by atoms with van der Waals surface area (Å²) >= 11 is 3.50. The van der Waals surface area contributed by atoms with Crippen LogP contribution in [0.1, 0.15) is 35.6 Å². The molecule has 0 aromatic heterocycles. The second-order valence-corrected chi connectivity index (χ2v) is 8.45. The van der Waals surface area contributed by atoms with Crippen molar-refractivity contribution in [2.45, 2.75) is 31.5 Å². The number of carbonyl (C=O) groups is 1. The Morgan fingerprint density at radius 1 is 1.03 bits per heavy atom. The van der Waals surface area contributed by atoms with Gasteiger partial charge in [-0.15, -0.1) is 0 Å². The number of nitrogens with zero attached hydrogens (tertiary/aromatic N) is 1. The van der Waals surface area contributed by atoms with Crippen LogP contribution in [0.3, 0.4) is 0 Å². The van der Waals surface area contributed by atoms with Gasteiger partial charge < -0.3 is 9.84 Å². The second-order valence-electron chi connectivity index (χ2n) is 7.53. The summed E-state index contributed by atoms with van der Waals surface area (Å²) in [7, 11) is 0. The zero-order valence-electron chi connectivity index (χ0n) is 16.6. The first-order valence-electron chi connectivity index (χ1n) is 10.1. The third-order valence-corrected chi connectivity index (χ3v) is 6.05. The number of hydrogen-bond acceptors (Lipinski definition) is 3. The van der Waals surface area contributed by atoms with E-state index in [-0.39, 0.29) is 6.04 Å². The summed E-state index contributed by atoms with van der Waals surface area (Å²) in [5.41, 5.74) is 3.22. The van der Waals surface area contributed by atoms with E-state index < -0.39 is 12.0 Å². The lowest BCUT2D eigenvalue weighted by atomic mass is 9.96. The third-order valence-electron chi connectivity index (χ3n) is 5.52. The molecular weight excluding hydrogens is 442 g/mol. The number of likely N-dealkylation sites (tertiary alicyclic amines) is 1. The van der Waals surface area contributed by atoms with Crippen molar-refractivity contribution < 1.29 is 14.6 Å². The molecule has 4 rings (SSSR count). The van der Waals surface area contributed by atoms with Gasteiger partial charge in [-0.1, -0.05) is 70.5 Å². The average Bonchev–Trinajstić information content (AvgIpc) is 3.25. The molecule has 1 fully saturated rings. The van der Waals surface area contributed by atoms with Crippen molar-refractivity contribution >= 4 is 21.9 Å². The Hall–Kier alpha value is -2.63. The van der Waals surface area contributed by atoms with E-state index in [0.29, 0.717) is 13.0 Å². The summed E-state index contributed by atoms with van der Waals surface area (Å²) < 4.78 is 7.03. The average molecular weight is 466 g/mol. The van der Waals surface area contributed by atoms with E-state index in [1.54, 1.807) is 0 Å². The highest BCUT2D eigenvalue weighted by molar-refractivity contribution is 9.10. The predicted molar refractivity (Wildman–Crippen MR) is 121 cm³/mol. The molecule has 0 saturated carbocycles. The highest BCUT2D eigenvalue weighted by Crippen LogP contribution is 2.36. The van der Waals surface area contributed by atoms with E-state index in [9.17, 15) is 9.90 Å². The highest BCUT2D eigenvalue weighted by Gasteiger charge is 2.36. The van der Waals surface area contributed by atoms with Crippen molar-refractivity contribution in [1.82, 2.24) is 4.90 Å². The van der Waals surface area contributed by atoms with Crippen LogP contribution < -0.4 is 4.74 Å². The van der Waals surface area contributed by atoms with Crippen molar-refractivity contribution in [2.24, 2.45) is 0 Å². The third kappa shape index (κ3) is 4.74. The van der Waals surface area contributed by atoms with Gasteiger partial charge >= 0.3 is 5.97 Å². The molecule has 1 heterocycles. The lowest BCUT2D eigenvalue weighted by molar-refractivity contribution is -0.142. The van der Waals surface area contributed by atoms with Gasteiger partial charge in [0, 0.05) is 11.0 Å². The van der Waals surface area contributed by atoms with Crippen molar-refractivity contribution in [3.05, 3.63) is 100 Å². The highest BCUT2D eigenvalue weighted by atomic mass is 79.9. The zero-order chi connectivity index (χ0) is 20.9. The van der Waals surface area contributed by atoms with Gasteiger partial charge in [0.25, 0.3) is 0 Å². The Morgan fingerprint density at radius 3 is 2.53 bits per heavy atom. The van der Waals surface area contributed by atoms with Crippen molar-refractivity contribution in [3.8, 4) is 5.75 Å². The van der Waals surface area contributed by atoms with Crippen LogP contribution in [0.15, 0.2) is 83.3 Å². The van der Waals surface area contributed by atoms with E-state index in [4.69, 9.17) is 4.74 Å². The Morgan fingerprint density at radius 2 is 1.80 bits per heavy atom. The van der Waals surface area contributed by atoms with Crippen molar-refractivity contribution in [1.29, 1.82) is 0 Å². The minimum Gasteiger partial charge on any atom is -0.489 e. The van der Waals surface area contributed by atoms with Crippen LogP contribution >= 0.6 is 15.9 Å². The molecule has 5 heteroatoms. The van der Waals surface area contributed by atoms with Gasteiger partial charge in [0.15, 0.2) is 0 Å². The number of carboxylic acid groups (broad SMARTS) is 1. The molecule has 154 valence electrons. The minimum absolute atomic E-state index is 0.137. The quantitative estimate of drug-likeness (QED) is 0.488. The van der Waals surface area contributed by atoms with Crippen molar-refractivity contribution in [3.63, 3.8) is 0 Å². The number of carboxylic acids is 1. The van der Waals surface area contributed by atoms with E-state index in [0.717, 1.165) is 39.9 Å². The summed E-state index contributed by atoms with van der Waals surface area (Å²) in [4.78, 5) is 14.0. The standard InChI is InChI=1S/C25H24BrNO3/c26-21-13-11-19(12-14-21)24(27-15-5-10-23(27)25(28)29)20-8-4-9-22(16-20)30-17-18-6-2-1-3-7-18/h1-4,6-9,11-14,16,23-24H,5,10,15,17H2,(H,28,29). The molecule has 1 aliphatic rings. The fraction of sp³-hybridized carbons (Fsp3) is 0.240. The number of rotatable bonds is 7. The maximum Gasteiger partial charge on any atom is 0.320 e. The van der Waals surface area contributed by atoms with Crippen LogP contribution in [0.5, 0.6) is 5.75 Å². The van der Waals surface area contributed by atoms with E-state index in [1.807, 2.05) is 60.7 Å². The maximum atomic E-state index is 11.9. The molecule has 0 aliphatic carbocycles. The Kier molecular flexibility index (Phi) is 6.50. The smallest absolute Gasteiger partial charge is 0.320 e. The molecule has 3 aromatic carbocycles. The van der Waals surface area contributed by atoms with Gasteiger partial charge in [-0.05, 0) is 53.8 Å². The lowest BCUT2D eigenvalue weighted by Gasteiger charge is -2.32. The van der Waals surface area contributed by atoms with E-state index in [1.165, 1.54) is 0 Å². The zero-order valence-corrected chi connectivity index (χ0v) is 18.2. The summed E-state index contributed by atoms with van der Waals surface area (Å²) in [6.07, 6.45) is 1.56. The lowest BCUT2D eigenvalue weighted by Crippen LogP contribution is -2.39. The van der Waals surface area contributed by atoms with Crippen LogP contribution in [0.4, 0.5) is 0 Å². The maximum absolute atomic E-state index is 11.9. The van der Waals surface area contributed by atoms with Gasteiger partial charge in [-0.2, -0.15) is 0 Å². The summed E-state index contributed by atoms with van der Waals surface area (Å²) in [5, 5.41) is 9.76. The van der Waals surface area contributed by atoms with E-state index in [2.05, 4.69) is 39.0 Å².